The first-order valence-electron chi connectivity index (χ1n) is 7.86. The fraction of sp³-hybridized carbons (Fsp3) is 0.643. The van der Waals surface area contributed by atoms with Gasteiger partial charge in [-0.1, -0.05) is 0 Å². The SMILES string of the molecule is CSCCC(NC(=O)C(N)CS)C(=O)NC(CC(N)=O)C(=O)NCC(=O)O. The van der Waals surface area contributed by atoms with Gasteiger partial charge in [-0.25, -0.2) is 0 Å². The monoisotopic (exact) mass is 423 g/mol. The Bertz CT molecular complexity index is 562. The Labute approximate surface area is 166 Å². The summed E-state index contributed by atoms with van der Waals surface area (Å²) in [5.41, 5.74) is 10.6. The van der Waals surface area contributed by atoms with E-state index >= 15 is 0 Å². The molecule has 0 aromatic heterocycles. The van der Waals surface area contributed by atoms with E-state index in [2.05, 4.69) is 28.6 Å². The van der Waals surface area contributed by atoms with E-state index in [-0.39, 0.29) is 12.2 Å². The van der Waals surface area contributed by atoms with Crippen molar-refractivity contribution in [1.82, 2.24) is 16.0 Å². The molecular formula is C14H25N5O6S2. The van der Waals surface area contributed by atoms with Crippen LogP contribution in [0.1, 0.15) is 12.8 Å². The molecule has 0 heterocycles. The van der Waals surface area contributed by atoms with Crippen LogP contribution in [0.4, 0.5) is 0 Å². The van der Waals surface area contributed by atoms with Crippen LogP contribution in [0.2, 0.25) is 0 Å². The molecule has 0 aliphatic heterocycles. The molecule has 27 heavy (non-hydrogen) atoms. The third-order valence-electron chi connectivity index (χ3n) is 3.23. The largest absolute Gasteiger partial charge is 0.480 e. The minimum Gasteiger partial charge on any atom is -0.480 e. The Hall–Kier alpha value is -1.99. The third-order valence-corrected chi connectivity index (χ3v) is 4.27. The van der Waals surface area contributed by atoms with Crippen LogP contribution in [0, 0.1) is 0 Å². The molecule has 0 fully saturated rings. The van der Waals surface area contributed by atoms with Crippen molar-refractivity contribution in [2.45, 2.75) is 31.0 Å². The lowest BCUT2D eigenvalue weighted by molar-refractivity contribution is -0.138. The van der Waals surface area contributed by atoms with E-state index < -0.39 is 60.7 Å². The molecule has 4 amide bonds. The van der Waals surface area contributed by atoms with E-state index in [1.807, 2.05) is 6.26 Å². The van der Waals surface area contributed by atoms with Crippen molar-refractivity contribution < 1.29 is 29.1 Å². The summed E-state index contributed by atoms with van der Waals surface area (Å²) in [6, 6.07) is -3.29. The van der Waals surface area contributed by atoms with Gasteiger partial charge in [0.25, 0.3) is 0 Å². The Morgan fingerprint density at radius 3 is 2.15 bits per heavy atom. The lowest BCUT2D eigenvalue weighted by Crippen LogP contribution is -2.57. The van der Waals surface area contributed by atoms with Gasteiger partial charge in [0.05, 0.1) is 12.5 Å². The third kappa shape index (κ3) is 10.7. The van der Waals surface area contributed by atoms with Crippen molar-refractivity contribution in [3.63, 3.8) is 0 Å². The average Bonchev–Trinajstić information content (AvgIpc) is 2.60. The minimum atomic E-state index is -1.37. The topological polar surface area (TPSA) is 194 Å². The number of thiol groups is 1. The molecule has 8 N–H and O–H groups in total. The molecule has 0 radical (unpaired) electrons. The highest BCUT2D eigenvalue weighted by molar-refractivity contribution is 7.98. The van der Waals surface area contributed by atoms with Gasteiger partial charge in [0.1, 0.15) is 18.6 Å². The summed E-state index contributed by atoms with van der Waals surface area (Å²) in [5, 5.41) is 15.5. The standard InChI is InChI=1S/C14H25N5O6S2/c1-27-3-2-8(18-12(23)7(15)6-26)14(25)19-9(4-10(16)20)13(24)17-5-11(21)22/h7-9,26H,2-6,15H2,1H3,(H2,16,20)(H,17,24)(H,18,23)(H,19,25)(H,21,22). The molecule has 0 aromatic carbocycles. The van der Waals surface area contributed by atoms with Crippen LogP contribution in [0.25, 0.3) is 0 Å². The van der Waals surface area contributed by atoms with Crippen molar-refractivity contribution in [3.8, 4) is 0 Å². The number of amides is 4. The lowest BCUT2D eigenvalue weighted by atomic mass is 10.1. The van der Waals surface area contributed by atoms with E-state index in [4.69, 9.17) is 16.6 Å². The number of carboxylic acids is 1. The van der Waals surface area contributed by atoms with Crippen LogP contribution in [0.3, 0.4) is 0 Å². The predicted octanol–water partition coefficient (Wildman–Crippen LogP) is -2.96. The zero-order chi connectivity index (χ0) is 21.0. The Morgan fingerprint density at radius 2 is 1.67 bits per heavy atom. The molecule has 154 valence electrons. The maximum Gasteiger partial charge on any atom is 0.322 e. The highest BCUT2D eigenvalue weighted by Crippen LogP contribution is 2.03. The van der Waals surface area contributed by atoms with E-state index in [0.29, 0.717) is 5.75 Å². The number of nitrogens with one attached hydrogen (secondary N) is 3. The predicted molar refractivity (Wildman–Crippen MR) is 103 cm³/mol. The van der Waals surface area contributed by atoms with E-state index in [1.54, 1.807) is 0 Å². The molecule has 11 nitrogen and oxygen atoms in total. The lowest BCUT2D eigenvalue weighted by Gasteiger charge is -2.23. The molecule has 3 atom stereocenters. The second-order valence-corrected chi connectivity index (χ2v) is 6.83. The maximum absolute atomic E-state index is 12.5. The first-order valence-corrected chi connectivity index (χ1v) is 9.88. The number of rotatable bonds is 13. The summed E-state index contributed by atoms with van der Waals surface area (Å²) in [5.74, 6) is -3.75. The zero-order valence-electron chi connectivity index (χ0n) is 14.8. The highest BCUT2D eigenvalue weighted by atomic mass is 32.2. The van der Waals surface area contributed by atoms with Crippen molar-refractivity contribution >= 4 is 54.0 Å². The van der Waals surface area contributed by atoms with Gasteiger partial charge >= 0.3 is 5.97 Å². The highest BCUT2D eigenvalue weighted by Gasteiger charge is 2.28. The van der Waals surface area contributed by atoms with Gasteiger partial charge in [0.2, 0.25) is 23.6 Å². The number of hydrogen-bond donors (Lipinski definition) is 7. The van der Waals surface area contributed by atoms with Crippen LogP contribution in [-0.4, -0.2) is 77.1 Å². The molecular weight excluding hydrogens is 398 g/mol. The van der Waals surface area contributed by atoms with Crippen LogP contribution in [0.5, 0.6) is 0 Å². The molecule has 3 unspecified atom stereocenters. The fourth-order valence-electron chi connectivity index (χ4n) is 1.83. The Morgan fingerprint density at radius 1 is 1.07 bits per heavy atom. The number of thioether (sulfide) groups is 1. The molecule has 0 saturated heterocycles. The number of hydrogen-bond acceptors (Lipinski definition) is 8. The first-order chi connectivity index (χ1) is 12.6. The van der Waals surface area contributed by atoms with E-state index in [1.165, 1.54) is 11.8 Å². The molecule has 0 saturated carbocycles. The molecule has 0 spiro atoms. The maximum atomic E-state index is 12.5. The number of carbonyl (C=O) groups is 5. The Kier molecular flexibility index (Phi) is 12.2. The summed E-state index contributed by atoms with van der Waals surface area (Å²) in [6.07, 6.45) is 1.53. The normalized spacial score (nSPS) is 13.7. The number of carboxylic acid groups (broad SMARTS) is 1. The van der Waals surface area contributed by atoms with Crippen molar-refractivity contribution in [3.05, 3.63) is 0 Å². The summed E-state index contributed by atoms with van der Waals surface area (Å²) in [6.45, 7) is -0.687. The van der Waals surface area contributed by atoms with E-state index in [9.17, 15) is 24.0 Å². The van der Waals surface area contributed by atoms with Crippen molar-refractivity contribution in [2.75, 3.05) is 24.3 Å². The van der Waals surface area contributed by atoms with Gasteiger partial charge in [-0.2, -0.15) is 24.4 Å². The van der Waals surface area contributed by atoms with E-state index in [0.717, 1.165) is 0 Å². The molecule has 13 heteroatoms. The van der Waals surface area contributed by atoms with Crippen LogP contribution < -0.4 is 27.4 Å². The minimum absolute atomic E-state index is 0.0740. The number of aliphatic carboxylic acids is 1. The van der Waals surface area contributed by atoms with Gasteiger partial charge in [0.15, 0.2) is 0 Å². The molecule has 0 bridgehead atoms. The molecule has 0 rings (SSSR count). The fourth-order valence-corrected chi connectivity index (χ4v) is 2.47. The van der Waals surface area contributed by atoms with Gasteiger partial charge in [-0.05, 0) is 18.4 Å². The summed E-state index contributed by atoms with van der Waals surface area (Å²) < 4.78 is 0. The van der Waals surface area contributed by atoms with Crippen LogP contribution in [0.15, 0.2) is 0 Å². The van der Waals surface area contributed by atoms with Gasteiger partial charge in [-0.15, -0.1) is 0 Å². The quantitative estimate of drug-likeness (QED) is 0.153. The van der Waals surface area contributed by atoms with Crippen molar-refractivity contribution in [2.24, 2.45) is 11.5 Å². The van der Waals surface area contributed by atoms with Gasteiger partial charge in [-0.3, -0.25) is 24.0 Å². The summed E-state index contributed by atoms with van der Waals surface area (Å²) >= 11 is 5.36. The summed E-state index contributed by atoms with van der Waals surface area (Å²) in [4.78, 5) is 58.1. The number of carbonyl (C=O) groups excluding carboxylic acids is 4. The van der Waals surface area contributed by atoms with Crippen LogP contribution in [-0.2, 0) is 24.0 Å². The molecule has 0 aromatic rings. The van der Waals surface area contributed by atoms with Gasteiger partial charge < -0.3 is 32.5 Å². The average molecular weight is 424 g/mol. The van der Waals surface area contributed by atoms with Gasteiger partial charge in [0, 0.05) is 5.75 Å². The smallest absolute Gasteiger partial charge is 0.322 e. The second-order valence-electron chi connectivity index (χ2n) is 5.47. The number of primary amides is 1. The molecule has 0 aliphatic carbocycles. The Balaban J connectivity index is 5.15. The number of nitrogens with two attached hydrogens (primary N) is 2. The van der Waals surface area contributed by atoms with Crippen molar-refractivity contribution in [1.29, 1.82) is 0 Å². The summed E-state index contributed by atoms with van der Waals surface area (Å²) in [7, 11) is 0. The molecule has 0 aliphatic rings. The van der Waals surface area contributed by atoms with Crippen LogP contribution >= 0.6 is 24.4 Å². The zero-order valence-corrected chi connectivity index (χ0v) is 16.5. The second kappa shape index (κ2) is 13.2. The first kappa shape index (κ1) is 25.0.